The van der Waals surface area contributed by atoms with Gasteiger partial charge in [-0.3, -0.25) is 4.79 Å². The lowest BCUT2D eigenvalue weighted by molar-refractivity contribution is -0.161. The van der Waals surface area contributed by atoms with E-state index in [0.717, 1.165) is 31.2 Å². The van der Waals surface area contributed by atoms with Gasteiger partial charge in [-0.05, 0) is 65.4 Å². The van der Waals surface area contributed by atoms with Gasteiger partial charge in [0.15, 0.2) is 0 Å². The van der Waals surface area contributed by atoms with Crippen LogP contribution in [-0.4, -0.2) is 28.8 Å². The van der Waals surface area contributed by atoms with Crippen molar-refractivity contribution in [2.75, 3.05) is 0 Å². The van der Waals surface area contributed by atoms with Crippen LogP contribution in [-0.2, 0) is 9.53 Å². The molecule has 140 valence electrons. The number of nitrogens with one attached hydrogen (secondary N) is 1. The fourth-order valence-electron chi connectivity index (χ4n) is 3.50. The number of aliphatic hydroxyl groups excluding tert-OH is 1. The van der Waals surface area contributed by atoms with Crippen molar-refractivity contribution in [2.24, 2.45) is 5.92 Å². The monoisotopic (exact) mass is 347 g/mol. The molecular formula is C21H33NO3. The predicted molar refractivity (Wildman–Crippen MR) is 100 cm³/mol. The number of hydrogen-bond donors (Lipinski definition) is 2. The average Bonchev–Trinajstić information content (AvgIpc) is 2.54. The van der Waals surface area contributed by atoms with Crippen LogP contribution in [0.1, 0.15) is 71.5 Å². The molecule has 2 atom stereocenters. The smallest absolute Gasteiger partial charge is 0.309 e. The van der Waals surface area contributed by atoms with Crippen LogP contribution in [0, 0.1) is 5.92 Å². The molecule has 4 nitrogen and oxygen atoms in total. The fraction of sp³-hybridized carbons (Fsp3) is 0.667. The largest absolute Gasteiger partial charge is 0.460 e. The molecule has 0 radical (unpaired) electrons. The summed E-state index contributed by atoms with van der Waals surface area (Å²) in [5.74, 6) is -0.0269. The van der Waals surface area contributed by atoms with Crippen molar-refractivity contribution in [1.29, 1.82) is 0 Å². The molecule has 0 saturated heterocycles. The van der Waals surface area contributed by atoms with Crippen molar-refractivity contribution in [3.8, 4) is 0 Å². The molecule has 2 unspecified atom stereocenters. The first kappa shape index (κ1) is 19.9. The molecule has 1 aromatic carbocycles. The van der Waals surface area contributed by atoms with E-state index in [1.165, 1.54) is 0 Å². The zero-order valence-corrected chi connectivity index (χ0v) is 16.0. The highest BCUT2D eigenvalue weighted by molar-refractivity contribution is 5.73. The third-order valence-electron chi connectivity index (χ3n) is 4.75. The topological polar surface area (TPSA) is 58.6 Å². The first-order chi connectivity index (χ1) is 11.7. The van der Waals surface area contributed by atoms with E-state index in [-0.39, 0.29) is 17.9 Å². The molecule has 1 saturated carbocycles. The molecule has 0 aromatic heterocycles. The molecule has 0 heterocycles. The predicted octanol–water partition coefficient (Wildman–Crippen LogP) is 3.99. The van der Waals surface area contributed by atoms with Crippen LogP contribution in [0.5, 0.6) is 0 Å². The Balaban J connectivity index is 1.73. The fourth-order valence-corrected chi connectivity index (χ4v) is 3.50. The number of benzene rings is 1. The van der Waals surface area contributed by atoms with E-state index in [1.807, 2.05) is 51.1 Å². The van der Waals surface area contributed by atoms with Gasteiger partial charge in [-0.2, -0.15) is 0 Å². The summed E-state index contributed by atoms with van der Waals surface area (Å²) in [6, 6.07) is 10.4. The highest BCUT2D eigenvalue weighted by Crippen LogP contribution is 2.28. The molecule has 25 heavy (non-hydrogen) atoms. The maximum absolute atomic E-state index is 12.2. The van der Waals surface area contributed by atoms with E-state index in [0.29, 0.717) is 12.5 Å². The van der Waals surface area contributed by atoms with E-state index in [2.05, 4.69) is 12.2 Å². The van der Waals surface area contributed by atoms with Crippen molar-refractivity contribution in [1.82, 2.24) is 5.32 Å². The number of carbonyl (C=O) groups excluding carboxylic acids is 1. The molecule has 0 bridgehead atoms. The Morgan fingerprint density at radius 3 is 2.36 bits per heavy atom. The SMILES string of the molecule is CC(CC(O)c1ccccc1)NC1CCC(C(=O)OC(C)(C)C)CC1. The van der Waals surface area contributed by atoms with Gasteiger partial charge in [-0.15, -0.1) is 0 Å². The first-order valence-electron chi connectivity index (χ1n) is 9.46. The van der Waals surface area contributed by atoms with Crippen LogP contribution in [0.2, 0.25) is 0 Å². The second-order valence-corrected chi connectivity index (χ2v) is 8.31. The van der Waals surface area contributed by atoms with Crippen molar-refractivity contribution >= 4 is 5.97 Å². The number of carbonyl (C=O) groups is 1. The Bertz CT molecular complexity index is 530. The van der Waals surface area contributed by atoms with Crippen LogP contribution >= 0.6 is 0 Å². The molecule has 0 spiro atoms. The number of esters is 1. The quantitative estimate of drug-likeness (QED) is 0.764. The minimum atomic E-state index is -0.443. The molecule has 1 aromatic rings. The molecule has 0 aliphatic heterocycles. The lowest BCUT2D eigenvalue weighted by Crippen LogP contribution is -2.41. The van der Waals surface area contributed by atoms with Gasteiger partial charge in [0.2, 0.25) is 0 Å². The summed E-state index contributed by atoms with van der Waals surface area (Å²) < 4.78 is 5.50. The molecule has 1 aliphatic rings. The normalized spacial score (nSPS) is 23.7. The van der Waals surface area contributed by atoms with Gasteiger partial charge in [0.05, 0.1) is 12.0 Å². The van der Waals surface area contributed by atoms with Crippen LogP contribution in [0.3, 0.4) is 0 Å². The summed E-state index contributed by atoms with van der Waals surface area (Å²) >= 11 is 0. The van der Waals surface area contributed by atoms with Crippen LogP contribution < -0.4 is 5.32 Å². The van der Waals surface area contributed by atoms with Gasteiger partial charge in [0.1, 0.15) is 5.60 Å². The van der Waals surface area contributed by atoms with Gasteiger partial charge in [-0.25, -0.2) is 0 Å². The zero-order valence-electron chi connectivity index (χ0n) is 16.0. The van der Waals surface area contributed by atoms with Gasteiger partial charge >= 0.3 is 5.97 Å². The van der Waals surface area contributed by atoms with Gasteiger partial charge < -0.3 is 15.2 Å². The highest BCUT2D eigenvalue weighted by Gasteiger charge is 2.30. The second kappa shape index (κ2) is 8.81. The van der Waals surface area contributed by atoms with E-state index < -0.39 is 11.7 Å². The van der Waals surface area contributed by atoms with E-state index in [9.17, 15) is 9.90 Å². The third-order valence-corrected chi connectivity index (χ3v) is 4.75. The molecule has 2 N–H and O–H groups in total. The van der Waals surface area contributed by atoms with Crippen LogP contribution in [0.25, 0.3) is 0 Å². The molecule has 1 aliphatic carbocycles. The Hall–Kier alpha value is -1.39. The Morgan fingerprint density at radius 2 is 1.80 bits per heavy atom. The highest BCUT2D eigenvalue weighted by atomic mass is 16.6. The molecule has 1 fully saturated rings. The average molecular weight is 347 g/mol. The summed E-state index contributed by atoms with van der Waals surface area (Å²) in [7, 11) is 0. The van der Waals surface area contributed by atoms with E-state index in [1.54, 1.807) is 0 Å². The maximum Gasteiger partial charge on any atom is 0.309 e. The van der Waals surface area contributed by atoms with Crippen molar-refractivity contribution in [2.45, 2.75) is 83.6 Å². The Labute approximate surface area is 152 Å². The van der Waals surface area contributed by atoms with E-state index in [4.69, 9.17) is 4.74 Å². The number of hydrogen-bond acceptors (Lipinski definition) is 4. The second-order valence-electron chi connectivity index (χ2n) is 8.31. The standard InChI is InChI=1S/C21H33NO3/c1-15(14-19(23)16-8-6-5-7-9-16)22-18-12-10-17(11-13-18)20(24)25-21(2,3)4/h5-9,15,17-19,22-23H,10-14H2,1-4H3. The summed E-state index contributed by atoms with van der Waals surface area (Å²) in [6.45, 7) is 7.86. The zero-order chi connectivity index (χ0) is 18.4. The maximum atomic E-state index is 12.2. The summed E-state index contributed by atoms with van der Waals surface area (Å²) in [5.41, 5.74) is 0.554. The molecule has 0 amide bonds. The van der Waals surface area contributed by atoms with Crippen molar-refractivity contribution < 1.29 is 14.6 Å². The summed E-state index contributed by atoms with van der Waals surface area (Å²) in [4.78, 5) is 12.2. The van der Waals surface area contributed by atoms with Crippen LogP contribution in [0.15, 0.2) is 30.3 Å². The van der Waals surface area contributed by atoms with E-state index >= 15 is 0 Å². The van der Waals surface area contributed by atoms with Gasteiger partial charge in [0.25, 0.3) is 0 Å². The summed E-state index contributed by atoms with van der Waals surface area (Å²) in [5, 5.41) is 14.0. The van der Waals surface area contributed by atoms with Crippen molar-refractivity contribution in [3.63, 3.8) is 0 Å². The Morgan fingerprint density at radius 1 is 1.20 bits per heavy atom. The lowest BCUT2D eigenvalue weighted by Gasteiger charge is -2.32. The van der Waals surface area contributed by atoms with Crippen molar-refractivity contribution in [3.05, 3.63) is 35.9 Å². The first-order valence-corrected chi connectivity index (χ1v) is 9.46. The lowest BCUT2D eigenvalue weighted by atomic mass is 9.85. The van der Waals surface area contributed by atoms with Gasteiger partial charge in [-0.1, -0.05) is 30.3 Å². The Kier molecular flexibility index (Phi) is 7.03. The number of rotatable bonds is 6. The minimum absolute atomic E-state index is 0.0301. The number of ether oxygens (including phenoxy) is 1. The summed E-state index contributed by atoms with van der Waals surface area (Å²) in [6.07, 6.45) is 3.96. The number of aliphatic hydroxyl groups is 1. The van der Waals surface area contributed by atoms with Gasteiger partial charge in [0, 0.05) is 12.1 Å². The molecular weight excluding hydrogens is 314 g/mol. The molecule has 2 rings (SSSR count). The van der Waals surface area contributed by atoms with Crippen LogP contribution in [0.4, 0.5) is 0 Å². The molecule has 4 heteroatoms. The third kappa shape index (κ3) is 6.79. The minimum Gasteiger partial charge on any atom is -0.460 e.